The third-order valence-corrected chi connectivity index (χ3v) is 3.25. The van der Waals surface area contributed by atoms with Gasteiger partial charge in [0.1, 0.15) is 12.9 Å². The monoisotopic (exact) mass is 325 g/mol. The Bertz CT molecular complexity index is 663. The second-order valence-corrected chi connectivity index (χ2v) is 4.96. The molecule has 0 saturated heterocycles. The standard InChI is InChI=1S/C14H9Cl2NO4/c15-12-5-10(7-18)6-13(16)14(12)21-8-9-1-3-11(4-2-9)17(19)20/h1-7H,8H2. The Balaban J connectivity index is 2.13. The van der Waals surface area contributed by atoms with E-state index in [1.54, 1.807) is 12.1 Å². The third-order valence-electron chi connectivity index (χ3n) is 2.69. The average molecular weight is 326 g/mol. The van der Waals surface area contributed by atoms with Gasteiger partial charge in [-0.3, -0.25) is 14.9 Å². The lowest BCUT2D eigenvalue weighted by Gasteiger charge is -2.10. The highest BCUT2D eigenvalue weighted by atomic mass is 35.5. The molecule has 2 aromatic rings. The molecule has 0 amide bonds. The SMILES string of the molecule is O=Cc1cc(Cl)c(OCc2ccc([N+](=O)[O-])cc2)c(Cl)c1. The molecule has 0 saturated carbocycles. The van der Waals surface area contributed by atoms with E-state index in [1.165, 1.54) is 24.3 Å². The van der Waals surface area contributed by atoms with Crippen LogP contribution >= 0.6 is 23.2 Å². The first-order chi connectivity index (χ1) is 10.0. The van der Waals surface area contributed by atoms with Crippen LogP contribution < -0.4 is 4.74 Å². The lowest BCUT2D eigenvalue weighted by Crippen LogP contribution is -1.98. The van der Waals surface area contributed by atoms with Crippen LogP contribution in [0, 0.1) is 10.1 Å². The summed E-state index contributed by atoms with van der Waals surface area (Å²) < 4.78 is 5.50. The number of carbonyl (C=O) groups is 1. The predicted octanol–water partition coefficient (Wildman–Crippen LogP) is 4.29. The van der Waals surface area contributed by atoms with Gasteiger partial charge in [0.25, 0.3) is 5.69 Å². The van der Waals surface area contributed by atoms with E-state index in [4.69, 9.17) is 27.9 Å². The molecule has 0 aliphatic rings. The van der Waals surface area contributed by atoms with Gasteiger partial charge in [-0.2, -0.15) is 0 Å². The van der Waals surface area contributed by atoms with Crippen LogP contribution in [0.2, 0.25) is 10.0 Å². The Kier molecular flexibility index (Phi) is 4.77. The Morgan fingerprint density at radius 1 is 1.14 bits per heavy atom. The fraction of sp³-hybridized carbons (Fsp3) is 0.0714. The number of hydrogen-bond donors (Lipinski definition) is 0. The number of rotatable bonds is 5. The van der Waals surface area contributed by atoms with Gasteiger partial charge in [0.15, 0.2) is 5.75 Å². The van der Waals surface area contributed by atoms with Crippen LogP contribution in [-0.2, 0) is 6.61 Å². The van der Waals surface area contributed by atoms with Crippen molar-refractivity contribution in [2.24, 2.45) is 0 Å². The van der Waals surface area contributed by atoms with E-state index in [9.17, 15) is 14.9 Å². The highest BCUT2D eigenvalue weighted by molar-refractivity contribution is 6.37. The first-order valence-corrected chi connectivity index (χ1v) is 6.57. The molecule has 7 heteroatoms. The molecule has 0 aliphatic heterocycles. The van der Waals surface area contributed by atoms with Crippen molar-refractivity contribution in [1.29, 1.82) is 0 Å². The number of ether oxygens (including phenoxy) is 1. The van der Waals surface area contributed by atoms with Gasteiger partial charge in [-0.15, -0.1) is 0 Å². The zero-order valence-electron chi connectivity index (χ0n) is 10.6. The van der Waals surface area contributed by atoms with E-state index in [2.05, 4.69) is 0 Å². The molecular weight excluding hydrogens is 317 g/mol. The number of hydrogen-bond acceptors (Lipinski definition) is 4. The van der Waals surface area contributed by atoms with Gasteiger partial charge in [0.2, 0.25) is 0 Å². The maximum atomic E-state index is 10.7. The van der Waals surface area contributed by atoms with E-state index in [1.807, 2.05) is 0 Å². The molecular formula is C14H9Cl2NO4. The maximum absolute atomic E-state index is 10.7. The van der Waals surface area contributed by atoms with Gasteiger partial charge in [0.05, 0.1) is 15.0 Å². The fourth-order valence-corrected chi connectivity index (χ4v) is 2.27. The molecule has 0 unspecified atom stereocenters. The lowest BCUT2D eigenvalue weighted by atomic mass is 10.2. The lowest BCUT2D eigenvalue weighted by molar-refractivity contribution is -0.384. The van der Waals surface area contributed by atoms with Gasteiger partial charge in [-0.05, 0) is 29.8 Å². The molecule has 0 aliphatic carbocycles. The number of nitro benzene ring substituents is 1. The van der Waals surface area contributed by atoms with Crippen molar-refractivity contribution >= 4 is 35.2 Å². The fourth-order valence-electron chi connectivity index (χ4n) is 1.65. The van der Waals surface area contributed by atoms with Crippen molar-refractivity contribution in [2.45, 2.75) is 6.61 Å². The molecule has 0 bridgehead atoms. The van der Waals surface area contributed by atoms with E-state index >= 15 is 0 Å². The molecule has 21 heavy (non-hydrogen) atoms. The molecule has 0 heterocycles. The summed E-state index contributed by atoms with van der Waals surface area (Å²) >= 11 is 12.0. The summed E-state index contributed by atoms with van der Waals surface area (Å²) in [5.74, 6) is 0.266. The summed E-state index contributed by atoms with van der Waals surface area (Å²) in [7, 11) is 0. The average Bonchev–Trinajstić information content (AvgIpc) is 2.46. The third kappa shape index (κ3) is 3.71. The first-order valence-electron chi connectivity index (χ1n) is 5.81. The molecule has 0 aromatic heterocycles. The van der Waals surface area contributed by atoms with Gasteiger partial charge < -0.3 is 4.74 Å². The number of nitro groups is 1. The number of benzene rings is 2. The molecule has 0 atom stereocenters. The van der Waals surface area contributed by atoms with Crippen LogP contribution in [0.1, 0.15) is 15.9 Å². The van der Waals surface area contributed by atoms with Gasteiger partial charge in [-0.1, -0.05) is 23.2 Å². The smallest absolute Gasteiger partial charge is 0.269 e. The van der Waals surface area contributed by atoms with Crippen LogP contribution in [0.25, 0.3) is 0 Å². The van der Waals surface area contributed by atoms with Crippen molar-refractivity contribution in [3.8, 4) is 5.75 Å². The Morgan fingerprint density at radius 2 is 1.71 bits per heavy atom. The van der Waals surface area contributed by atoms with Crippen molar-refractivity contribution < 1.29 is 14.5 Å². The second kappa shape index (κ2) is 6.56. The largest absolute Gasteiger partial charge is 0.486 e. The summed E-state index contributed by atoms with van der Waals surface area (Å²) in [6, 6.07) is 8.84. The molecule has 108 valence electrons. The highest BCUT2D eigenvalue weighted by Crippen LogP contribution is 2.34. The molecule has 0 fully saturated rings. The van der Waals surface area contributed by atoms with Gasteiger partial charge in [-0.25, -0.2) is 0 Å². The summed E-state index contributed by atoms with van der Waals surface area (Å²) in [5, 5.41) is 11.0. The van der Waals surface area contributed by atoms with Crippen LogP contribution in [0.4, 0.5) is 5.69 Å². The topological polar surface area (TPSA) is 69.4 Å². The molecule has 0 N–H and O–H groups in total. The molecule has 2 rings (SSSR count). The van der Waals surface area contributed by atoms with Crippen molar-refractivity contribution in [1.82, 2.24) is 0 Å². The molecule has 5 nitrogen and oxygen atoms in total. The van der Waals surface area contributed by atoms with E-state index in [0.717, 1.165) is 5.56 Å². The van der Waals surface area contributed by atoms with E-state index < -0.39 is 4.92 Å². The maximum Gasteiger partial charge on any atom is 0.269 e. The highest BCUT2D eigenvalue weighted by Gasteiger charge is 2.10. The van der Waals surface area contributed by atoms with Gasteiger partial charge in [0, 0.05) is 17.7 Å². The van der Waals surface area contributed by atoms with Crippen LogP contribution in [-0.4, -0.2) is 11.2 Å². The number of halogens is 2. The molecule has 0 spiro atoms. The zero-order valence-corrected chi connectivity index (χ0v) is 12.1. The number of nitrogens with zero attached hydrogens (tertiary/aromatic N) is 1. The zero-order chi connectivity index (χ0) is 15.4. The number of non-ortho nitro benzene ring substituents is 1. The minimum absolute atomic E-state index is 0.00477. The van der Waals surface area contributed by atoms with Crippen LogP contribution in [0.15, 0.2) is 36.4 Å². The summed E-state index contributed by atoms with van der Waals surface area (Å²) in [6.07, 6.45) is 0.637. The Morgan fingerprint density at radius 3 is 2.19 bits per heavy atom. The first kappa shape index (κ1) is 15.3. The summed E-state index contributed by atoms with van der Waals surface area (Å²) in [5.41, 5.74) is 1.09. The molecule has 2 aromatic carbocycles. The van der Waals surface area contributed by atoms with E-state index in [0.29, 0.717) is 11.8 Å². The minimum atomic E-state index is -0.476. The Labute approximate surface area is 130 Å². The minimum Gasteiger partial charge on any atom is -0.486 e. The summed E-state index contributed by atoms with van der Waals surface area (Å²) in [4.78, 5) is 20.8. The van der Waals surface area contributed by atoms with Crippen LogP contribution in [0.3, 0.4) is 0 Å². The normalized spacial score (nSPS) is 10.2. The van der Waals surface area contributed by atoms with E-state index in [-0.39, 0.29) is 28.1 Å². The Hall–Kier alpha value is -2.11. The second-order valence-electron chi connectivity index (χ2n) is 4.14. The predicted molar refractivity (Wildman–Crippen MR) is 79.3 cm³/mol. The number of carbonyl (C=O) groups excluding carboxylic acids is 1. The quantitative estimate of drug-likeness (QED) is 0.467. The summed E-state index contributed by atoms with van der Waals surface area (Å²) in [6.45, 7) is 0.151. The van der Waals surface area contributed by atoms with Crippen molar-refractivity contribution in [3.05, 3.63) is 67.7 Å². The van der Waals surface area contributed by atoms with Crippen molar-refractivity contribution in [3.63, 3.8) is 0 Å². The van der Waals surface area contributed by atoms with Crippen LogP contribution in [0.5, 0.6) is 5.75 Å². The number of aldehydes is 1. The van der Waals surface area contributed by atoms with Gasteiger partial charge >= 0.3 is 0 Å². The van der Waals surface area contributed by atoms with Crippen molar-refractivity contribution in [2.75, 3.05) is 0 Å². The molecule has 0 radical (unpaired) electrons.